The van der Waals surface area contributed by atoms with E-state index >= 15 is 0 Å². The molecule has 0 aliphatic rings. The molecule has 2 atom stereocenters. The van der Waals surface area contributed by atoms with Crippen molar-refractivity contribution < 1.29 is 27.8 Å². The molecular formula is C29H33BrF2N4O4. The van der Waals surface area contributed by atoms with Crippen molar-refractivity contribution in [2.24, 2.45) is 0 Å². The lowest BCUT2D eigenvalue weighted by Crippen LogP contribution is -2.50. The maximum absolute atomic E-state index is 13.9. The van der Waals surface area contributed by atoms with Crippen molar-refractivity contribution in [3.05, 3.63) is 76.4 Å². The number of benzene rings is 2. The first kappa shape index (κ1) is 31.0. The number of halogens is 3. The van der Waals surface area contributed by atoms with Crippen LogP contribution >= 0.6 is 15.9 Å². The number of hydrogen-bond donors (Lipinski definition) is 3. The summed E-state index contributed by atoms with van der Waals surface area (Å²) in [6.45, 7) is 5.86. The number of methoxy groups -OCH3 is 1. The quantitative estimate of drug-likeness (QED) is 0.196. The zero-order valence-electron chi connectivity index (χ0n) is 22.9. The second-order valence-corrected chi connectivity index (χ2v) is 11.0. The Kier molecular flexibility index (Phi) is 10.2. The summed E-state index contributed by atoms with van der Waals surface area (Å²) in [6.07, 6.45) is 1.69. The minimum atomic E-state index is -3.62. The van der Waals surface area contributed by atoms with E-state index in [0.717, 1.165) is 10.2 Å². The van der Waals surface area contributed by atoms with Crippen LogP contribution in [0.25, 0.3) is 0 Å². The van der Waals surface area contributed by atoms with Crippen LogP contribution in [-0.4, -0.2) is 48.4 Å². The fourth-order valence-electron chi connectivity index (χ4n) is 3.62. The number of hydrogen-bond acceptors (Lipinski definition) is 7. The van der Waals surface area contributed by atoms with E-state index in [2.05, 4.69) is 31.5 Å². The number of pyridine rings is 1. The van der Waals surface area contributed by atoms with Crippen LogP contribution in [0.5, 0.6) is 11.6 Å². The molecular weight excluding hydrogens is 586 g/mol. The first-order valence-electron chi connectivity index (χ1n) is 12.5. The van der Waals surface area contributed by atoms with Crippen molar-refractivity contribution in [3.8, 4) is 11.6 Å². The number of rotatable bonds is 12. The number of carbonyl (C=O) groups is 1. The monoisotopic (exact) mass is 618 g/mol. The predicted molar refractivity (Wildman–Crippen MR) is 154 cm³/mol. The van der Waals surface area contributed by atoms with E-state index in [4.69, 9.17) is 19.6 Å². The second kappa shape index (κ2) is 13.2. The normalized spacial score (nSPS) is 13.2. The highest BCUT2D eigenvalue weighted by Gasteiger charge is 2.37. The summed E-state index contributed by atoms with van der Waals surface area (Å²) >= 11 is 3.44. The lowest BCUT2D eigenvalue weighted by atomic mass is 10.0. The topological polar surface area (TPSA) is 106 Å². The molecule has 40 heavy (non-hydrogen) atoms. The van der Waals surface area contributed by atoms with Crippen LogP contribution in [0.2, 0.25) is 0 Å². The van der Waals surface area contributed by atoms with E-state index in [1.807, 2.05) is 45.0 Å². The van der Waals surface area contributed by atoms with E-state index in [1.165, 1.54) is 19.5 Å². The maximum atomic E-state index is 13.9. The van der Waals surface area contributed by atoms with Gasteiger partial charge in [-0.25, -0.2) is 4.98 Å². The number of carbonyl (C=O) groups excluding carboxylic acids is 1. The number of aromatic nitrogens is 1. The predicted octanol–water partition coefficient (Wildman–Crippen LogP) is 6.67. The van der Waals surface area contributed by atoms with Crippen molar-refractivity contribution in [2.75, 3.05) is 19.0 Å². The van der Waals surface area contributed by atoms with Gasteiger partial charge < -0.3 is 30.3 Å². The number of nitrogens with zero attached hydrogens (tertiary/aromatic N) is 1. The van der Waals surface area contributed by atoms with Gasteiger partial charge >= 0.3 is 5.92 Å². The summed E-state index contributed by atoms with van der Waals surface area (Å²) in [6, 6.07) is 14.9. The van der Waals surface area contributed by atoms with E-state index in [-0.39, 0.29) is 6.61 Å². The van der Waals surface area contributed by atoms with Gasteiger partial charge in [-0.3, -0.25) is 4.79 Å². The fraction of sp³-hybridized carbons (Fsp3) is 0.345. The molecule has 8 nitrogen and oxygen atoms in total. The van der Waals surface area contributed by atoms with Gasteiger partial charge in [-0.15, -0.1) is 0 Å². The van der Waals surface area contributed by atoms with Crippen LogP contribution in [0.3, 0.4) is 0 Å². The molecule has 3 aromatic rings. The molecule has 3 N–H and O–H groups in total. The Morgan fingerprint density at radius 3 is 2.45 bits per heavy atom. The van der Waals surface area contributed by atoms with Gasteiger partial charge in [0.1, 0.15) is 11.9 Å². The molecule has 0 spiro atoms. The smallest absolute Gasteiger partial charge is 0.321 e. The fourth-order valence-corrected chi connectivity index (χ4v) is 4.02. The molecule has 0 fully saturated rings. The standard InChI is InChI=1S/C29H33BrF2N4O4/c1-28(2,3)39-17-24(36-27(37)29(4,31)32)26(18-9-12-25(38-5)34-16-18)40-22-10-11-23(19(13-22)15-33)35-21-8-6-7-20(30)14-21/h6-16,24,26,33,35H,17H2,1-5H3,(H,36,37)/t24?,26-/m1/s1. The highest BCUT2D eigenvalue weighted by atomic mass is 79.9. The summed E-state index contributed by atoms with van der Waals surface area (Å²) in [5.41, 5.74) is 1.88. The van der Waals surface area contributed by atoms with Crippen molar-refractivity contribution >= 4 is 39.4 Å². The van der Waals surface area contributed by atoms with Crippen LogP contribution in [0.15, 0.2) is 65.3 Å². The summed E-state index contributed by atoms with van der Waals surface area (Å²) in [5.74, 6) is -4.38. The lowest BCUT2D eigenvalue weighted by Gasteiger charge is -2.32. The molecule has 0 bridgehead atoms. The third kappa shape index (κ3) is 8.99. The summed E-state index contributed by atoms with van der Waals surface area (Å²) in [5, 5.41) is 13.6. The Morgan fingerprint density at radius 2 is 1.88 bits per heavy atom. The summed E-state index contributed by atoms with van der Waals surface area (Å²) < 4.78 is 46.1. The number of nitrogens with one attached hydrogen (secondary N) is 3. The van der Waals surface area contributed by atoms with Crippen molar-refractivity contribution in [1.29, 1.82) is 5.41 Å². The van der Waals surface area contributed by atoms with Crippen molar-refractivity contribution in [3.63, 3.8) is 0 Å². The minimum absolute atomic E-state index is 0.123. The van der Waals surface area contributed by atoms with Gasteiger partial charge in [-0.05, 0) is 63.2 Å². The van der Waals surface area contributed by atoms with Gasteiger partial charge in [0.15, 0.2) is 0 Å². The number of ether oxygens (including phenoxy) is 3. The van der Waals surface area contributed by atoms with E-state index in [0.29, 0.717) is 35.4 Å². The number of anilines is 2. The molecule has 3 rings (SSSR count). The minimum Gasteiger partial charge on any atom is -0.483 e. The third-order valence-electron chi connectivity index (χ3n) is 5.62. The number of alkyl halides is 2. The Balaban J connectivity index is 1.99. The Labute approximate surface area is 241 Å². The molecule has 1 amide bonds. The van der Waals surface area contributed by atoms with Crippen LogP contribution < -0.4 is 20.1 Å². The number of amides is 1. The van der Waals surface area contributed by atoms with E-state index < -0.39 is 29.6 Å². The first-order valence-corrected chi connectivity index (χ1v) is 13.2. The maximum Gasteiger partial charge on any atom is 0.321 e. The highest BCUT2D eigenvalue weighted by molar-refractivity contribution is 9.10. The van der Waals surface area contributed by atoms with Crippen molar-refractivity contribution in [1.82, 2.24) is 10.3 Å². The molecule has 1 unspecified atom stereocenters. The molecule has 1 heterocycles. The van der Waals surface area contributed by atoms with Crippen LogP contribution in [0.1, 0.15) is 44.9 Å². The van der Waals surface area contributed by atoms with Gasteiger partial charge in [0.2, 0.25) is 5.88 Å². The highest BCUT2D eigenvalue weighted by Crippen LogP contribution is 2.31. The SMILES string of the molecule is COc1ccc([C@@H](Oc2ccc(Nc3cccc(Br)c3)c(C=N)c2)C(COC(C)(C)C)NC(=O)C(C)(F)F)cn1. The first-order chi connectivity index (χ1) is 18.8. The second-order valence-electron chi connectivity index (χ2n) is 10.1. The van der Waals surface area contributed by atoms with Crippen molar-refractivity contribution in [2.45, 2.75) is 51.4 Å². The molecule has 0 saturated carbocycles. The molecule has 2 aromatic carbocycles. The Hall–Kier alpha value is -3.57. The average molecular weight is 620 g/mol. The lowest BCUT2D eigenvalue weighted by molar-refractivity contribution is -0.146. The van der Waals surface area contributed by atoms with Gasteiger partial charge in [-0.2, -0.15) is 8.78 Å². The molecule has 11 heteroatoms. The molecule has 0 aliphatic heterocycles. The van der Waals surface area contributed by atoms with E-state index in [1.54, 1.807) is 30.3 Å². The Bertz CT molecular complexity index is 1310. The third-order valence-corrected chi connectivity index (χ3v) is 6.11. The van der Waals surface area contributed by atoms with Gasteiger partial charge in [0.25, 0.3) is 5.91 Å². The van der Waals surface area contributed by atoms with Gasteiger partial charge in [-0.1, -0.05) is 22.0 Å². The van der Waals surface area contributed by atoms with Crippen LogP contribution in [-0.2, 0) is 9.53 Å². The largest absolute Gasteiger partial charge is 0.483 e. The molecule has 1 aromatic heterocycles. The summed E-state index contributed by atoms with van der Waals surface area (Å²) in [4.78, 5) is 16.6. The summed E-state index contributed by atoms with van der Waals surface area (Å²) in [7, 11) is 1.47. The Morgan fingerprint density at radius 1 is 1.12 bits per heavy atom. The van der Waals surface area contributed by atoms with Crippen LogP contribution in [0.4, 0.5) is 20.2 Å². The molecule has 0 saturated heterocycles. The zero-order chi connectivity index (χ0) is 29.5. The van der Waals surface area contributed by atoms with Crippen LogP contribution in [0, 0.1) is 5.41 Å². The molecule has 0 aliphatic carbocycles. The average Bonchev–Trinajstić information content (AvgIpc) is 2.89. The zero-order valence-corrected chi connectivity index (χ0v) is 24.5. The van der Waals surface area contributed by atoms with Gasteiger partial charge in [0, 0.05) is 52.4 Å². The van der Waals surface area contributed by atoms with Gasteiger partial charge in [0.05, 0.1) is 25.4 Å². The van der Waals surface area contributed by atoms with E-state index in [9.17, 15) is 13.6 Å². The molecule has 0 radical (unpaired) electrons. The molecule has 214 valence electrons.